The Balaban J connectivity index is 2.21. The number of nitro benzene ring substituents is 1. The lowest BCUT2D eigenvalue weighted by molar-refractivity contribution is -0.385. The Labute approximate surface area is 147 Å². The van der Waals surface area contributed by atoms with Gasteiger partial charge in [0.2, 0.25) is 5.91 Å². The highest BCUT2D eigenvalue weighted by molar-refractivity contribution is 6.00. The molecule has 2 amide bonds. The number of carbonyl (C=O) groups is 2. The average Bonchev–Trinajstić information content (AvgIpc) is 3.13. The van der Waals surface area contributed by atoms with E-state index in [4.69, 9.17) is 4.74 Å². The summed E-state index contributed by atoms with van der Waals surface area (Å²) in [5.74, 6) is -2.04. The Morgan fingerprint density at radius 2 is 1.96 bits per heavy atom. The number of nitrogens with one attached hydrogen (secondary N) is 1. The second kappa shape index (κ2) is 8.41. The van der Waals surface area contributed by atoms with Crippen LogP contribution in [0.3, 0.4) is 0 Å². The van der Waals surface area contributed by atoms with Crippen molar-refractivity contribution >= 4 is 17.5 Å². The number of halogens is 2. The van der Waals surface area contributed by atoms with Gasteiger partial charge >= 0.3 is 6.61 Å². The fourth-order valence-corrected chi connectivity index (χ4v) is 2.56. The maximum Gasteiger partial charge on any atom is 0.387 e. The monoisotopic (exact) mass is 373 g/mol. The summed E-state index contributed by atoms with van der Waals surface area (Å²) in [6, 6.07) is 1.60. The van der Waals surface area contributed by atoms with Crippen LogP contribution in [-0.2, 0) is 4.79 Å². The summed E-state index contributed by atoms with van der Waals surface area (Å²) in [6.07, 6.45) is 1.77. The molecule has 26 heavy (non-hydrogen) atoms. The third-order valence-corrected chi connectivity index (χ3v) is 3.80. The molecule has 0 aliphatic carbocycles. The summed E-state index contributed by atoms with van der Waals surface area (Å²) in [6.45, 7) is -2.35. The topological polar surface area (TPSA) is 111 Å². The van der Waals surface area contributed by atoms with Crippen LogP contribution in [-0.4, -0.2) is 55.0 Å². The number of rotatable bonds is 7. The molecule has 142 valence electrons. The van der Waals surface area contributed by atoms with Crippen LogP contribution in [0.15, 0.2) is 12.1 Å². The highest BCUT2D eigenvalue weighted by Crippen LogP contribution is 2.35. The summed E-state index contributed by atoms with van der Waals surface area (Å²) in [5, 5.41) is 13.5. The first-order valence-corrected chi connectivity index (χ1v) is 7.70. The van der Waals surface area contributed by atoms with Gasteiger partial charge < -0.3 is 19.7 Å². The summed E-state index contributed by atoms with van der Waals surface area (Å²) in [7, 11) is 1.14. The molecule has 1 fully saturated rings. The molecule has 2 rings (SSSR count). The second-order valence-electron chi connectivity index (χ2n) is 5.43. The zero-order valence-corrected chi connectivity index (χ0v) is 13.9. The fourth-order valence-electron chi connectivity index (χ4n) is 2.56. The Bertz CT molecular complexity index is 707. The molecule has 0 saturated carbocycles. The molecule has 1 N–H and O–H groups in total. The second-order valence-corrected chi connectivity index (χ2v) is 5.43. The molecular weight excluding hydrogens is 356 g/mol. The lowest BCUT2D eigenvalue weighted by Crippen LogP contribution is -2.38. The Morgan fingerprint density at radius 3 is 2.50 bits per heavy atom. The highest BCUT2D eigenvalue weighted by atomic mass is 19.3. The van der Waals surface area contributed by atoms with Gasteiger partial charge in [0.05, 0.1) is 24.6 Å². The number of ether oxygens (including phenoxy) is 2. The number of alkyl halides is 2. The smallest absolute Gasteiger partial charge is 0.387 e. The largest absolute Gasteiger partial charge is 0.493 e. The maximum atomic E-state index is 12.4. The third kappa shape index (κ3) is 4.55. The van der Waals surface area contributed by atoms with Crippen LogP contribution in [0.5, 0.6) is 11.5 Å². The van der Waals surface area contributed by atoms with Crippen molar-refractivity contribution in [2.75, 3.05) is 26.7 Å². The van der Waals surface area contributed by atoms with Gasteiger partial charge in [0, 0.05) is 19.2 Å². The number of hydrogen-bond donors (Lipinski definition) is 1. The Hall–Kier alpha value is -2.98. The first-order chi connectivity index (χ1) is 12.3. The van der Waals surface area contributed by atoms with Crippen molar-refractivity contribution < 1.29 is 32.8 Å². The van der Waals surface area contributed by atoms with Crippen molar-refractivity contribution in [3.05, 3.63) is 27.8 Å². The molecule has 9 nitrogen and oxygen atoms in total. The van der Waals surface area contributed by atoms with Crippen LogP contribution in [0.25, 0.3) is 0 Å². The SMILES string of the molecule is COc1cc(C(=O)NCC(=O)N2CCCC2)c([N+](=O)[O-])cc1OC(F)F. The van der Waals surface area contributed by atoms with Gasteiger partial charge in [0.1, 0.15) is 5.56 Å². The summed E-state index contributed by atoms with van der Waals surface area (Å²) in [4.78, 5) is 36.1. The molecule has 11 heteroatoms. The van der Waals surface area contributed by atoms with Gasteiger partial charge in [-0.1, -0.05) is 0 Å². The predicted octanol–water partition coefficient (Wildman–Crippen LogP) is 1.56. The minimum atomic E-state index is -3.22. The number of benzene rings is 1. The van der Waals surface area contributed by atoms with Gasteiger partial charge in [-0.05, 0) is 12.8 Å². The predicted molar refractivity (Wildman–Crippen MR) is 84.4 cm³/mol. The summed E-state index contributed by atoms with van der Waals surface area (Å²) < 4.78 is 33.8. The van der Waals surface area contributed by atoms with E-state index in [1.807, 2.05) is 0 Å². The number of nitrogens with zero attached hydrogens (tertiary/aromatic N) is 2. The number of nitro groups is 1. The first-order valence-electron chi connectivity index (χ1n) is 7.70. The van der Waals surface area contributed by atoms with Gasteiger partial charge in [0.25, 0.3) is 11.6 Å². The Kier molecular flexibility index (Phi) is 6.26. The fraction of sp³-hybridized carbons (Fsp3) is 0.467. The normalized spacial score (nSPS) is 13.6. The van der Waals surface area contributed by atoms with Crippen molar-refractivity contribution in [3.8, 4) is 11.5 Å². The number of methoxy groups -OCH3 is 1. The van der Waals surface area contributed by atoms with E-state index in [-0.39, 0.29) is 18.2 Å². The van der Waals surface area contributed by atoms with Crippen molar-refractivity contribution in [2.24, 2.45) is 0 Å². The van der Waals surface area contributed by atoms with Crippen LogP contribution >= 0.6 is 0 Å². The van der Waals surface area contributed by atoms with Gasteiger partial charge in [-0.2, -0.15) is 8.78 Å². The third-order valence-electron chi connectivity index (χ3n) is 3.80. The van der Waals surface area contributed by atoms with Gasteiger partial charge in [0.15, 0.2) is 11.5 Å². The van der Waals surface area contributed by atoms with E-state index in [1.165, 1.54) is 0 Å². The van der Waals surface area contributed by atoms with Crippen molar-refractivity contribution in [1.29, 1.82) is 0 Å². The van der Waals surface area contributed by atoms with E-state index in [0.29, 0.717) is 19.2 Å². The number of hydrogen-bond acceptors (Lipinski definition) is 6. The van der Waals surface area contributed by atoms with Crippen molar-refractivity contribution in [2.45, 2.75) is 19.5 Å². The van der Waals surface area contributed by atoms with E-state index >= 15 is 0 Å². The standard InChI is InChI=1S/C15H17F2N3O6/c1-25-11-6-9(10(20(23)24)7-12(11)26-15(16)17)14(22)18-8-13(21)19-4-2-3-5-19/h6-7,15H,2-5,8H2,1H3,(H,18,22). The summed E-state index contributed by atoms with van der Waals surface area (Å²) >= 11 is 0. The maximum absolute atomic E-state index is 12.4. The van der Waals surface area contributed by atoms with Crippen LogP contribution in [0, 0.1) is 10.1 Å². The number of amides is 2. The van der Waals surface area contributed by atoms with Crippen LogP contribution in [0.1, 0.15) is 23.2 Å². The van der Waals surface area contributed by atoms with E-state index in [1.54, 1.807) is 4.90 Å². The highest BCUT2D eigenvalue weighted by Gasteiger charge is 2.27. The molecule has 1 aliphatic rings. The lowest BCUT2D eigenvalue weighted by atomic mass is 10.1. The molecule has 0 atom stereocenters. The van der Waals surface area contributed by atoms with E-state index < -0.39 is 34.4 Å². The molecule has 0 bridgehead atoms. The molecule has 0 unspecified atom stereocenters. The van der Waals surface area contributed by atoms with E-state index in [2.05, 4.69) is 10.1 Å². The molecule has 1 aromatic carbocycles. The molecule has 1 aromatic rings. The van der Waals surface area contributed by atoms with Gasteiger partial charge in [-0.25, -0.2) is 0 Å². The zero-order chi connectivity index (χ0) is 19.3. The van der Waals surface area contributed by atoms with E-state index in [0.717, 1.165) is 26.0 Å². The van der Waals surface area contributed by atoms with E-state index in [9.17, 15) is 28.5 Å². The van der Waals surface area contributed by atoms with Crippen molar-refractivity contribution in [1.82, 2.24) is 10.2 Å². The van der Waals surface area contributed by atoms with Crippen LogP contribution < -0.4 is 14.8 Å². The average molecular weight is 373 g/mol. The Morgan fingerprint density at radius 1 is 1.31 bits per heavy atom. The van der Waals surface area contributed by atoms with Crippen LogP contribution in [0.4, 0.5) is 14.5 Å². The molecular formula is C15H17F2N3O6. The van der Waals surface area contributed by atoms with Crippen LogP contribution in [0.2, 0.25) is 0 Å². The lowest BCUT2D eigenvalue weighted by Gasteiger charge is -2.16. The zero-order valence-electron chi connectivity index (χ0n) is 13.9. The minimum absolute atomic E-state index is 0.271. The molecule has 0 spiro atoms. The minimum Gasteiger partial charge on any atom is -0.493 e. The summed E-state index contributed by atoms with van der Waals surface area (Å²) in [5.41, 5.74) is -1.17. The molecule has 1 aliphatic heterocycles. The molecule has 0 aromatic heterocycles. The van der Waals surface area contributed by atoms with Crippen molar-refractivity contribution in [3.63, 3.8) is 0 Å². The first kappa shape index (κ1) is 19.3. The quantitative estimate of drug-likeness (QED) is 0.574. The molecule has 1 saturated heterocycles. The van der Waals surface area contributed by atoms with Gasteiger partial charge in [-0.15, -0.1) is 0 Å². The number of carbonyl (C=O) groups excluding carboxylic acids is 2. The number of likely N-dealkylation sites (tertiary alicyclic amines) is 1. The molecule has 1 heterocycles. The van der Waals surface area contributed by atoms with Gasteiger partial charge in [-0.3, -0.25) is 19.7 Å². The molecule has 0 radical (unpaired) electrons.